The van der Waals surface area contributed by atoms with Crippen molar-refractivity contribution in [1.82, 2.24) is 20.9 Å². The predicted molar refractivity (Wildman–Crippen MR) is 232 cm³/mol. The van der Waals surface area contributed by atoms with Crippen molar-refractivity contribution in [2.75, 3.05) is 26.2 Å². The van der Waals surface area contributed by atoms with Gasteiger partial charge in [-0.05, 0) is 64.8 Å². The third-order valence-corrected chi connectivity index (χ3v) is 9.13. The van der Waals surface area contributed by atoms with Gasteiger partial charge in [-0.25, -0.2) is 0 Å². The molecule has 1 heterocycles. The monoisotopic (exact) mass is 775 g/mol. The standard InChI is InChI=1S/C39H59N7O3.C4H11N3/c1-37(2,3)26-21-27-28(34(39(7,8)9)46-33(27)29(22-26)38(4,5)6)23-30(45-31(47)17-13-14-19-43-36(40)41)35(49)44-24-32(48)42-20-18-25-15-11-10-12-16-25;1-2-3-7-4(5)6/h10-12,15-16,21-22,30,46H,13-14,17-20,23-24H2,1-9H3,(H,42,48)(H,44,49)(H,45,47)(H4,40,41,43);2-3H2,1H3,(H4,5,6,7). The Morgan fingerprint density at radius 1 is 0.768 bits per heavy atom. The molecule has 0 saturated carbocycles. The second-order valence-electron chi connectivity index (χ2n) is 17.4. The highest BCUT2D eigenvalue weighted by atomic mass is 16.2. The van der Waals surface area contributed by atoms with Crippen molar-refractivity contribution in [3.05, 3.63) is 70.4 Å². The van der Waals surface area contributed by atoms with Gasteiger partial charge in [-0.3, -0.25) is 24.4 Å². The van der Waals surface area contributed by atoms with E-state index in [2.05, 4.69) is 105 Å². The molecular formula is C43H70N10O3. The summed E-state index contributed by atoms with van der Waals surface area (Å²) in [4.78, 5) is 51.3. The molecule has 13 heteroatoms. The van der Waals surface area contributed by atoms with Gasteiger partial charge in [0.2, 0.25) is 17.7 Å². The molecule has 56 heavy (non-hydrogen) atoms. The van der Waals surface area contributed by atoms with Gasteiger partial charge in [0.05, 0.1) is 6.54 Å². The number of carbonyl (C=O) groups excluding carboxylic acids is 3. The number of aliphatic imine (C=N–C) groups is 2. The number of fused-ring (bicyclic) bond motifs is 1. The van der Waals surface area contributed by atoms with Crippen molar-refractivity contribution < 1.29 is 14.4 Å². The van der Waals surface area contributed by atoms with Gasteiger partial charge in [-0.15, -0.1) is 0 Å². The minimum Gasteiger partial charge on any atom is -0.370 e. The zero-order chi connectivity index (χ0) is 42.3. The van der Waals surface area contributed by atoms with Crippen LogP contribution in [0.5, 0.6) is 0 Å². The van der Waals surface area contributed by atoms with Crippen LogP contribution < -0.4 is 38.9 Å². The number of benzene rings is 2. The number of aromatic nitrogens is 1. The van der Waals surface area contributed by atoms with Crippen LogP contribution in [0.3, 0.4) is 0 Å². The highest BCUT2D eigenvalue weighted by Crippen LogP contribution is 2.40. The van der Waals surface area contributed by atoms with Crippen molar-refractivity contribution in [1.29, 1.82) is 0 Å². The summed E-state index contributed by atoms with van der Waals surface area (Å²) in [5.41, 5.74) is 26.9. The van der Waals surface area contributed by atoms with Crippen LogP contribution >= 0.6 is 0 Å². The first-order valence-electron chi connectivity index (χ1n) is 19.7. The molecule has 0 aliphatic carbocycles. The Balaban J connectivity index is 0.00000141. The molecule has 3 rings (SSSR count). The normalized spacial score (nSPS) is 12.2. The SMILES string of the molecule is CC(C)(C)c1cc(C(C)(C)C)c2[nH]c(C(C)(C)C)c(CC(NC(=O)CCCCN=C(N)N)C(=O)NCC(=O)NCCc3ccccc3)c2c1.CCCN=C(N)N. The summed E-state index contributed by atoms with van der Waals surface area (Å²) in [5, 5.41) is 9.71. The van der Waals surface area contributed by atoms with Crippen LogP contribution in [0, 0.1) is 0 Å². The summed E-state index contributed by atoms with van der Waals surface area (Å²) >= 11 is 0. The average molecular weight is 775 g/mol. The molecule has 0 radical (unpaired) electrons. The molecule has 13 nitrogen and oxygen atoms in total. The molecule has 0 fully saturated rings. The van der Waals surface area contributed by atoms with E-state index in [1.54, 1.807) is 0 Å². The second-order valence-corrected chi connectivity index (χ2v) is 17.4. The Morgan fingerprint density at radius 3 is 1.93 bits per heavy atom. The maximum Gasteiger partial charge on any atom is 0.243 e. The minimum absolute atomic E-state index is 0.0166. The number of rotatable bonds is 16. The smallest absolute Gasteiger partial charge is 0.243 e. The molecule has 0 aliphatic rings. The van der Waals surface area contributed by atoms with Crippen molar-refractivity contribution in [3.63, 3.8) is 0 Å². The molecule has 2 aromatic carbocycles. The Hall–Kier alpha value is -5.07. The van der Waals surface area contributed by atoms with Gasteiger partial charge >= 0.3 is 0 Å². The lowest BCUT2D eigenvalue weighted by Crippen LogP contribution is -2.50. The molecule has 0 aliphatic heterocycles. The highest BCUT2D eigenvalue weighted by molar-refractivity contribution is 5.93. The number of nitrogens with two attached hydrogens (primary N) is 4. The van der Waals surface area contributed by atoms with Gasteiger partial charge in [-0.1, -0.05) is 106 Å². The number of amides is 3. The van der Waals surface area contributed by atoms with Crippen LogP contribution in [0.25, 0.3) is 10.9 Å². The van der Waals surface area contributed by atoms with E-state index in [-0.39, 0.29) is 59.4 Å². The number of hydrogen-bond donors (Lipinski definition) is 8. The van der Waals surface area contributed by atoms with Crippen LogP contribution in [0.4, 0.5) is 0 Å². The summed E-state index contributed by atoms with van der Waals surface area (Å²) in [6, 6.07) is 13.5. The fourth-order valence-electron chi connectivity index (χ4n) is 6.10. The van der Waals surface area contributed by atoms with E-state index in [1.165, 1.54) is 11.1 Å². The summed E-state index contributed by atoms with van der Waals surface area (Å²) in [7, 11) is 0. The molecule has 3 amide bonds. The van der Waals surface area contributed by atoms with Crippen molar-refractivity contribution in [2.45, 2.75) is 130 Å². The van der Waals surface area contributed by atoms with E-state index in [0.717, 1.165) is 40.7 Å². The van der Waals surface area contributed by atoms with E-state index < -0.39 is 11.9 Å². The maximum absolute atomic E-state index is 13.8. The molecule has 12 N–H and O–H groups in total. The van der Waals surface area contributed by atoms with Crippen molar-refractivity contribution >= 4 is 40.5 Å². The van der Waals surface area contributed by atoms with Crippen LogP contribution in [0.2, 0.25) is 0 Å². The molecule has 3 aromatic rings. The Kier molecular flexibility index (Phi) is 17.9. The number of aromatic amines is 1. The largest absolute Gasteiger partial charge is 0.370 e. The van der Waals surface area contributed by atoms with E-state index in [4.69, 9.17) is 22.9 Å². The van der Waals surface area contributed by atoms with Gasteiger partial charge < -0.3 is 43.9 Å². The minimum atomic E-state index is -0.904. The second kappa shape index (κ2) is 21.3. The van der Waals surface area contributed by atoms with Gasteiger partial charge in [0, 0.05) is 54.5 Å². The lowest BCUT2D eigenvalue weighted by Gasteiger charge is -2.26. The van der Waals surface area contributed by atoms with Crippen LogP contribution in [-0.2, 0) is 43.5 Å². The summed E-state index contributed by atoms with van der Waals surface area (Å²) in [6.07, 6.45) is 3.35. The number of H-pyrrole nitrogens is 1. The molecule has 0 bridgehead atoms. The highest BCUT2D eigenvalue weighted by Gasteiger charge is 2.32. The van der Waals surface area contributed by atoms with Crippen LogP contribution in [0.15, 0.2) is 52.4 Å². The van der Waals surface area contributed by atoms with Crippen molar-refractivity contribution in [2.24, 2.45) is 32.9 Å². The molecule has 1 aromatic heterocycles. The number of hydrogen-bond acceptors (Lipinski definition) is 5. The van der Waals surface area contributed by atoms with Gasteiger partial charge in [0.25, 0.3) is 0 Å². The number of nitrogens with one attached hydrogen (secondary N) is 4. The molecule has 310 valence electrons. The number of nitrogens with zero attached hydrogens (tertiary/aromatic N) is 2. The zero-order valence-electron chi connectivity index (χ0n) is 35.6. The van der Waals surface area contributed by atoms with Gasteiger partial charge in [0.15, 0.2) is 11.9 Å². The first-order valence-corrected chi connectivity index (χ1v) is 19.7. The van der Waals surface area contributed by atoms with E-state index in [1.807, 2.05) is 37.3 Å². The van der Waals surface area contributed by atoms with Gasteiger partial charge in [-0.2, -0.15) is 0 Å². The van der Waals surface area contributed by atoms with E-state index in [9.17, 15) is 14.4 Å². The quantitative estimate of drug-likeness (QED) is 0.0581. The fourth-order valence-corrected chi connectivity index (χ4v) is 6.10. The van der Waals surface area contributed by atoms with E-state index in [0.29, 0.717) is 32.4 Å². The first kappa shape index (κ1) is 47.1. The third-order valence-electron chi connectivity index (χ3n) is 9.13. The van der Waals surface area contributed by atoms with Crippen LogP contribution in [0.1, 0.15) is 123 Å². The summed E-state index contributed by atoms with van der Waals surface area (Å²) in [5.74, 6) is -0.754. The van der Waals surface area contributed by atoms with Crippen molar-refractivity contribution in [3.8, 4) is 0 Å². The maximum atomic E-state index is 13.8. The summed E-state index contributed by atoms with van der Waals surface area (Å²) in [6.45, 7) is 23.1. The van der Waals surface area contributed by atoms with E-state index >= 15 is 0 Å². The number of unbranched alkanes of at least 4 members (excludes halogenated alkanes) is 1. The fraction of sp³-hybridized carbons (Fsp3) is 0.558. The molecule has 1 unspecified atom stereocenters. The lowest BCUT2D eigenvalue weighted by atomic mass is 9.78. The Morgan fingerprint density at radius 2 is 1.39 bits per heavy atom. The van der Waals surface area contributed by atoms with Gasteiger partial charge in [0.1, 0.15) is 6.04 Å². The molecule has 0 saturated heterocycles. The lowest BCUT2D eigenvalue weighted by molar-refractivity contribution is -0.130. The number of guanidine groups is 2. The zero-order valence-corrected chi connectivity index (χ0v) is 35.6. The first-order chi connectivity index (χ1) is 26.0. The Labute approximate surface area is 334 Å². The third kappa shape index (κ3) is 16.0. The topological polar surface area (TPSA) is 232 Å². The average Bonchev–Trinajstić information content (AvgIpc) is 3.47. The molecule has 1 atom stereocenters. The molecular weight excluding hydrogens is 705 g/mol. The van der Waals surface area contributed by atoms with Crippen LogP contribution in [-0.4, -0.2) is 66.8 Å². The summed E-state index contributed by atoms with van der Waals surface area (Å²) < 4.78 is 0. The number of carbonyl (C=O) groups is 3. The Bertz CT molecular complexity index is 1780. The molecule has 0 spiro atoms. The predicted octanol–water partition coefficient (Wildman–Crippen LogP) is 4.68.